The van der Waals surface area contributed by atoms with E-state index in [-0.39, 0.29) is 30.8 Å². The molecule has 1 atom stereocenters. The molecule has 0 fully saturated rings. The van der Waals surface area contributed by atoms with E-state index < -0.39 is 11.6 Å². The summed E-state index contributed by atoms with van der Waals surface area (Å²) >= 11 is 5.96. The Morgan fingerprint density at radius 2 is 1.83 bits per heavy atom. The number of nitrogens with zero attached hydrogens (tertiary/aromatic N) is 1. The van der Waals surface area contributed by atoms with Crippen molar-refractivity contribution in [2.75, 3.05) is 6.61 Å². The van der Waals surface area contributed by atoms with E-state index in [1.807, 2.05) is 27.7 Å². The van der Waals surface area contributed by atoms with Crippen molar-refractivity contribution in [3.8, 4) is 5.75 Å². The first-order chi connectivity index (χ1) is 14.1. The third kappa shape index (κ3) is 7.34. The van der Waals surface area contributed by atoms with E-state index in [1.54, 1.807) is 36.4 Å². The van der Waals surface area contributed by atoms with Crippen LogP contribution in [0.4, 0.5) is 4.39 Å². The van der Waals surface area contributed by atoms with E-state index in [9.17, 15) is 14.0 Å². The zero-order chi connectivity index (χ0) is 22.3. The van der Waals surface area contributed by atoms with E-state index in [2.05, 4.69) is 5.32 Å². The van der Waals surface area contributed by atoms with Crippen molar-refractivity contribution in [2.24, 2.45) is 0 Å². The van der Waals surface area contributed by atoms with Crippen LogP contribution in [-0.4, -0.2) is 34.9 Å². The summed E-state index contributed by atoms with van der Waals surface area (Å²) in [5.41, 5.74) is 0.279. The minimum Gasteiger partial charge on any atom is -0.484 e. The average Bonchev–Trinajstić information content (AvgIpc) is 2.66. The normalized spacial score (nSPS) is 12.2. The molecule has 0 aromatic heterocycles. The second-order valence-electron chi connectivity index (χ2n) is 8.06. The van der Waals surface area contributed by atoms with Gasteiger partial charge < -0.3 is 15.0 Å². The monoisotopic (exact) mass is 434 g/mol. The van der Waals surface area contributed by atoms with E-state index in [4.69, 9.17) is 16.3 Å². The Bertz CT molecular complexity index is 865. The minimum atomic E-state index is -0.690. The van der Waals surface area contributed by atoms with Crippen LogP contribution in [-0.2, 0) is 16.1 Å². The molecule has 0 aliphatic carbocycles. The molecule has 0 radical (unpaired) electrons. The summed E-state index contributed by atoms with van der Waals surface area (Å²) in [4.78, 5) is 27.4. The van der Waals surface area contributed by atoms with Crippen LogP contribution in [0.2, 0.25) is 5.02 Å². The van der Waals surface area contributed by atoms with Gasteiger partial charge in [0.1, 0.15) is 17.6 Å². The van der Waals surface area contributed by atoms with Crippen molar-refractivity contribution >= 4 is 23.4 Å². The molecule has 1 N–H and O–H groups in total. The predicted octanol–water partition coefficient (Wildman–Crippen LogP) is 4.58. The number of rotatable bonds is 8. The molecule has 5 nitrogen and oxygen atoms in total. The first kappa shape index (κ1) is 23.7. The van der Waals surface area contributed by atoms with Crippen LogP contribution in [0.1, 0.15) is 39.7 Å². The van der Waals surface area contributed by atoms with Crippen molar-refractivity contribution < 1.29 is 18.7 Å². The summed E-state index contributed by atoms with van der Waals surface area (Å²) in [7, 11) is 0. The van der Waals surface area contributed by atoms with Gasteiger partial charge in [-0.05, 0) is 63.1 Å². The van der Waals surface area contributed by atoms with Gasteiger partial charge in [-0.3, -0.25) is 9.59 Å². The standard InChI is InChI=1S/C23H28ClFN2O3/c1-5-20(22(29)26-23(2,3)4)27(14-16-9-11-18(25)12-10-16)21(28)15-30-19-8-6-7-17(24)13-19/h6-13,20H,5,14-15H2,1-4H3,(H,26,29). The van der Waals surface area contributed by atoms with Gasteiger partial charge in [0, 0.05) is 17.1 Å². The second kappa shape index (κ2) is 10.4. The molecule has 2 amide bonds. The van der Waals surface area contributed by atoms with Crippen LogP contribution in [0.3, 0.4) is 0 Å². The van der Waals surface area contributed by atoms with Crippen LogP contribution in [0.5, 0.6) is 5.75 Å². The van der Waals surface area contributed by atoms with Gasteiger partial charge in [-0.25, -0.2) is 4.39 Å². The fourth-order valence-electron chi connectivity index (χ4n) is 2.94. The minimum absolute atomic E-state index is 0.161. The maximum atomic E-state index is 13.3. The number of ether oxygens (including phenoxy) is 1. The van der Waals surface area contributed by atoms with Crippen molar-refractivity contribution in [3.05, 3.63) is 64.9 Å². The summed E-state index contributed by atoms with van der Waals surface area (Å²) < 4.78 is 18.9. The number of carbonyl (C=O) groups is 2. The highest BCUT2D eigenvalue weighted by molar-refractivity contribution is 6.30. The fourth-order valence-corrected chi connectivity index (χ4v) is 3.12. The number of hydrogen-bond donors (Lipinski definition) is 1. The first-order valence-corrected chi connectivity index (χ1v) is 10.2. The largest absolute Gasteiger partial charge is 0.484 e. The maximum Gasteiger partial charge on any atom is 0.261 e. The predicted molar refractivity (Wildman–Crippen MR) is 116 cm³/mol. The molecule has 0 spiro atoms. The van der Waals surface area contributed by atoms with Crippen molar-refractivity contribution in [2.45, 2.75) is 52.2 Å². The van der Waals surface area contributed by atoms with Crippen LogP contribution in [0.15, 0.2) is 48.5 Å². The Labute approximate surface area is 182 Å². The summed E-state index contributed by atoms with van der Waals surface area (Å²) in [6, 6.07) is 11.9. The van der Waals surface area contributed by atoms with E-state index >= 15 is 0 Å². The Kier molecular flexibility index (Phi) is 8.24. The van der Waals surface area contributed by atoms with Gasteiger partial charge in [0.15, 0.2) is 6.61 Å². The zero-order valence-electron chi connectivity index (χ0n) is 17.7. The lowest BCUT2D eigenvalue weighted by Crippen LogP contribution is -2.54. The molecule has 30 heavy (non-hydrogen) atoms. The zero-order valence-corrected chi connectivity index (χ0v) is 18.5. The molecule has 1 unspecified atom stereocenters. The van der Waals surface area contributed by atoms with Gasteiger partial charge in [-0.1, -0.05) is 36.7 Å². The molecular weight excluding hydrogens is 407 g/mol. The maximum absolute atomic E-state index is 13.3. The van der Waals surface area contributed by atoms with Gasteiger partial charge in [0.25, 0.3) is 5.91 Å². The summed E-state index contributed by atoms with van der Waals surface area (Å²) in [6.07, 6.45) is 0.423. The van der Waals surface area contributed by atoms with E-state index in [0.717, 1.165) is 5.56 Å². The number of carbonyl (C=O) groups excluding carboxylic acids is 2. The molecule has 7 heteroatoms. The Balaban J connectivity index is 2.22. The van der Waals surface area contributed by atoms with Crippen molar-refractivity contribution in [1.82, 2.24) is 10.2 Å². The molecular formula is C23H28ClFN2O3. The Morgan fingerprint density at radius 1 is 1.17 bits per heavy atom. The molecule has 2 aromatic carbocycles. The summed E-state index contributed by atoms with van der Waals surface area (Å²) in [5, 5.41) is 3.43. The highest BCUT2D eigenvalue weighted by Gasteiger charge is 2.30. The molecule has 162 valence electrons. The molecule has 2 aromatic rings. The number of amides is 2. The molecule has 0 saturated carbocycles. The van der Waals surface area contributed by atoms with Gasteiger partial charge in [0.2, 0.25) is 5.91 Å². The van der Waals surface area contributed by atoms with Gasteiger partial charge in [-0.2, -0.15) is 0 Å². The molecule has 0 bridgehead atoms. The summed E-state index contributed by atoms with van der Waals surface area (Å²) in [6.45, 7) is 7.40. The van der Waals surface area contributed by atoms with Crippen LogP contribution in [0, 0.1) is 5.82 Å². The molecule has 2 rings (SSSR count). The Hall–Kier alpha value is -2.60. The lowest BCUT2D eigenvalue weighted by molar-refractivity contribution is -0.143. The Morgan fingerprint density at radius 3 is 2.40 bits per heavy atom. The topological polar surface area (TPSA) is 58.6 Å². The smallest absolute Gasteiger partial charge is 0.261 e. The van der Waals surface area contributed by atoms with Crippen LogP contribution < -0.4 is 10.1 Å². The number of benzene rings is 2. The molecule has 0 saturated heterocycles. The van der Waals surface area contributed by atoms with E-state index in [0.29, 0.717) is 17.2 Å². The first-order valence-electron chi connectivity index (χ1n) is 9.83. The highest BCUT2D eigenvalue weighted by Crippen LogP contribution is 2.18. The van der Waals surface area contributed by atoms with Crippen molar-refractivity contribution in [1.29, 1.82) is 0 Å². The SMILES string of the molecule is CCC(C(=O)NC(C)(C)C)N(Cc1ccc(F)cc1)C(=O)COc1cccc(Cl)c1. The molecule has 0 aliphatic heterocycles. The molecule has 0 aliphatic rings. The molecule has 0 heterocycles. The van der Waals surface area contributed by atoms with E-state index in [1.165, 1.54) is 17.0 Å². The lowest BCUT2D eigenvalue weighted by atomic mass is 10.1. The third-order valence-electron chi connectivity index (χ3n) is 4.31. The van der Waals surface area contributed by atoms with Crippen LogP contribution >= 0.6 is 11.6 Å². The average molecular weight is 435 g/mol. The third-order valence-corrected chi connectivity index (χ3v) is 4.54. The fraction of sp³-hybridized carbons (Fsp3) is 0.391. The highest BCUT2D eigenvalue weighted by atomic mass is 35.5. The van der Waals surface area contributed by atoms with Gasteiger partial charge in [-0.15, -0.1) is 0 Å². The quantitative estimate of drug-likeness (QED) is 0.661. The number of nitrogens with one attached hydrogen (secondary N) is 1. The van der Waals surface area contributed by atoms with Crippen LogP contribution in [0.25, 0.3) is 0 Å². The van der Waals surface area contributed by atoms with Gasteiger partial charge >= 0.3 is 0 Å². The summed E-state index contributed by atoms with van der Waals surface area (Å²) in [5.74, 6) is -0.498. The van der Waals surface area contributed by atoms with Gasteiger partial charge in [0.05, 0.1) is 0 Å². The lowest BCUT2D eigenvalue weighted by Gasteiger charge is -2.33. The van der Waals surface area contributed by atoms with Crippen molar-refractivity contribution in [3.63, 3.8) is 0 Å². The number of halogens is 2. The number of hydrogen-bond acceptors (Lipinski definition) is 3. The second-order valence-corrected chi connectivity index (χ2v) is 8.49.